The second kappa shape index (κ2) is 8.86. The van der Waals surface area contributed by atoms with E-state index >= 15 is 0 Å². The molecule has 0 radical (unpaired) electrons. The van der Waals surface area contributed by atoms with Crippen LogP contribution in [0.25, 0.3) is 0 Å². The molecule has 0 spiro atoms. The SMILES string of the molecule is O=C([C@@H](Cc1ccccc1)N1C(=O)c2ccccc2C1=O)N1CCN(c2ccccn2)CC1. The van der Waals surface area contributed by atoms with Crippen molar-refractivity contribution in [3.8, 4) is 0 Å². The van der Waals surface area contributed by atoms with Crippen molar-refractivity contribution in [3.05, 3.63) is 95.7 Å². The molecule has 1 atom stereocenters. The molecule has 5 rings (SSSR count). The highest BCUT2D eigenvalue weighted by Gasteiger charge is 2.44. The molecule has 166 valence electrons. The van der Waals surface area contributed by atoms with E-state index in [1.807, 2.05) is 48.5 Å². The average Bonchev–Trinajstić information content (AvgIpc) is 3.13. The van der Waals surface area contributed by atoms with Gasteiger partial charge in [0, 0.05) is 38.8 Å². The van der Waals surface area contributed by atoms with Crippen LogP contribution in [0.15, 0.2) is 79.0 Å². The molecule has 2 aliphatic rings. The van der Waals surface area contributed by atoms with Crippen molar-refractivity contribution in [1.82, 2.24) is 14.8 Å². The molecule has 7 nitrogen and oxygen atoms in total. The summed E-state index contributed by atoms with van der Waals surface area (Å²) in [5, 5.41) is 0. The summed E-state index contributed by atoms with van der Waals surface area (Å²) in [7, 11) is 0. The van der Waals surface area contributed by atoms with Crippen LogP contribution >= 0.6 is 0 Å². The van der Waals surface area contributed by atoms with Gasteiger partial charge in [-0.3, -0.25) is 19.3 Å². The first kappa shape index (κ1) is 20.9. The third-order valence-electron chi connectivity index (χ3n) is 6.26. The standard InChI is InChI=1S/C26H24N4O3/c31-24-20-10-4-5-11-21(20)25(32)30(24)22(18-19-8-2-1-3-9-19)26(33)29-16-14-28(15-17-29)23-12-6-7-13-27-23/h1-13,22H,14-18H2/t22-/m1/s1. The molecule has 0 saturated carbocycles. The van der Waals surface area contributed by atoms with Crippen LogP contribution in [-0.2, 0) is 11.2 Å². The Bertz CT molecular complexity index is 1140. The lowest BCUT2D eigenvalue weighted by molar-refractivity contribution is -0.135. The number of anilines is 1. The van der Waals surface area contributed by atoms with Gasteiger partial charge in [-0.15, -0.1) is 0 Å². The highest BCUT2D eigenvalue weighted by molar-refractivity contribution is 6.22. The summed E-state index contributed by atoms with van der Waals surface area (Å²) in [6.07, 6.45) is 2.04. The predicted octanol–water partition coefficient (Wildman–Crippen LogP) is 2.64. The number of pyridine rings is 1. The number of aromatic nitrogens is 1. The summed E-state index contributed by atoms with van der Waals surface area (Å²) in [5.41, 5.74) is 1.61. The van der Waals surface area contributed by atoms with Crippen LogP contribution in [0.2, 0.25) is 0 Å². The number of amides is 3. The summed E-state index contributed by atoms with van der Waals surface area (Å²) in [6, 6.07) is 21.2. The van der Waals surface area contributed by atoms with E-state index in [-0.39, 0.29) is 12.3 Å². The van der Waals surface area contributed by atoms with Gasteiger partial charge in [0.2, 0.25) is 5.91 Å². The highest BCUT2D eigenvalue weighted by atomic mass is 16.2. The van der Waals surface area contributed by atoms with Crippen molar-refractivity contribution in [2.75, 3.05) is 31.1 Å². The molecular weight excluding hydrogens is 416 g/mol. The van der Waals surface area contributed by atoms with E-state index in [9.17, 15) is 14.4 Å². The van der Waals surface area contributed by atoms with Crippen LogP contribution in [0.3, 0.4) is 0 Å². The van der Waals surface area contributed by atoms with Gasteiger partial charge in [-0.25, -0.2) is 4.98 Å². The van der Waals surface area contributed by atoms with E-state index in [0.717, 1.165) is 16.3 Å². The van der Waals surface area contributed by atoms with Gasteiger partial charge in [-0.05, 0) is 29.8 Å². The van der Waals surface area contributed by atoms with Gasteiger partial charge in [-0.2, -0.15) is 0 Å². The molecule has 3 heterocycles. The number of hydrogen-bond donors (Lipinski definition) is 0. The summed E-state index contributed by atoms with van der Waals surface area (Å²) in [6.45, 7) is 2.29. The van der Waals surface area contributed by atoms with Crippen molar-refractivity contribution in [1.29, 1.82) is 0 Å². The fourth-order valence-electron chi connectivity index (χ4n) is 4.52. The number of carbonyl (C=O) groups is 3. The lowest BCUT2D eigenvalue weighted by Gasteiger charge is -2.38. The molecule has 1 aromatic heterocycles. The molecule has 1 saturated heterocycles. The smallest absolute Gasteiger partial charge is 0.262 e. The maximum absolute atomic E-state index is 13.7. The number of piperazine rings is 1. The van der Waals surface area contributed by atoms with Gasteiger partial charge in [-0.1, -0.05) is 48.5 Å². The van der Waals surface area contributed by atoms with E-state index < -0.39 is 17.9 Å². The van der Waals surface area contributed by atoms with E-state index in [2.05, 4.69) is 9.88 Å². The van der Waals surface area contributed by atoms with Crippen LogP contribution in [-0.4, -0.2) is 64.7 Å². The van der Waals surface area contributed by atoms with Gasteiger partial charge in [0.15, 0.2) is 0 Å². The maximum atomic E-state index is 13.7. The quantitative estimate of drug-likeness (QED) is 0.571. The summed E-state index contributed by atoms with van der Waals surface area (Å²) >= 11 is 0. The lowest BCUT2D eigenvalue weighted by Crippen LogP contribution is -2.56. The monoisotopic (exact) mass is 440 g/mol. The number of hydrogen-bond acceptors (Lipinski definition) is 5. The lowest BCUT2D eigenvalue weighted by atomic mass is 10.0. The fraction of sp³-hybridized carbons (Fsp3) is 0.231. The Morgan fingerprint density at radius 3 is 2.00 bits per heavy atom. The molecule has 2 aromatic carbocycles. The zero-order chi connectivity index (χ0) is 22.8. The Hall–Kier alpha value is -4.00. The third kappa shape index (κ3) is 3.98. The van der Waals surface area contributed by atoms with Crippen LogP contribution in [0.4, 0.5) is 5.82 Å². The normalized spacial score (nSPS) is 16.7. The minimum absolute atomic E-state index is 0.200. The Morgan fingerprint density at radius 2 is 1.39 bits per heavy atom. The summed E-state index contributed by atoms with van der Waals surface area (Å²) < 4.78 is 0. The Balaban J connectivity index is 1.39. The Morgan fingerprint density at radius 1 is 0.788 bits per heavy atom. The van der Waals surface area contributed by atoms with Crippen LogP contribution in [0.5, 0.6) is 0 Å². The minimum atomic E-state index is -0.888. The predicted molar refractivity (Wildman–Crippen MR) is 124 cm³/mol. The molecule has 3 amide bonds. The van der Waals surface area contributed by atoms with Crippen LogP contribution in [0, 0.1) is 0 Å². The number of benzene rings is 2. The number of nitrogens with zero attached hydrogens (tertiary/aromatic N) is 4. The van der Waals surface area contributed by atoms with E-state index in [0.29, 0.717) is 37.3 Å². The first-order chi connectivity index (χ1) is 16.1. The fourth-order valence-corrected chi connectivity index (χ4v) is 4.52. The molecule has 33 heavy (non-hydrogen) atoms. The van der Waals surface area contributed by atoms with Gasteiger partial charge in [0.25, 0.3) is 11.8 Å². The molecule has 2 aliphatic heterocycles. The van der Waals surface area contributed by atoms with E-state index in [1.165, 1.54) is 0 Å². The van der Waals surface area contributed by atoms with E-state index in [1.54, 1.807) is 35.4 Å². The number of carbonyl (C=O) groups excluding carboxylic acids is 3. The largest absolute Gasteiger partial charge is 0.353 e. The molecule has 0 bridgehead atoms. The van der Waals surface area contributed by atoms with Crippen LogP contribution < -0.4 is 4.90 Å². The molecule has 0 N–H and O–H groups in total. The van der Waals surface area contributed by atoms with E-state index in [4.69, 9.17) is 0 Å². The molecule has 0 unspecified atom stereocenters. The molecule has 3 aromatic rings. The highest BCUT2D eigenvalue weighted by Crippen LogP contribution is 2.27. The third-order valence-corrected chi connectivity index (χ3v) is 6.26. The first-order valence-electron chi connectivity index (χ1n) is 11.1. The second-order valence-electron chi connectivity index (χ2n) is 8.23. The number of imide groups is 1. The van der Waals surface area contributed by atoms with Crippen molar-refractivity contribution < 1.29 is 14.4 Å². The van der Waals surface area contributed by atoms with Crippen LogP contribution in [0.1, 0.15) is 26.3 Å². The van der Waals surface area contributed by atoms with Crippen molar-refractivity contribution in [3.63, 3.8) is 0 Å². The van der Waals surface area contributed by atoms with Gasteiger partial charge in [0.1, 0.15) is 11.9 Å². The zero-order valence-electron chi connectivity index (χ0n) is 18.1. The Labute approximate surface area is 192 Å². The summed E-state index contributed by atoms with van der Waals surface area (Å²) in [5.74, 6) is -0.131. The van der Waals surface area contributed by atoms with Crippen molar-refractivity contribution in [2.45, 2.75) is 12.5 Å². The van der Waals surface area contributed by atoms with Crippen molar-refractivity contribution in [2.24, 2.45) is 0 Å². The molecule has 7 heteroatoms. The summed E-state index contributed by atoms with van der Waals surface area (Å²) in [4.78, 5) is 49.5. The number of rotatable bonds is 5. The number of fused-ring (bicyclic) bond motifs is 1. The first-order valence-corrected chi connectivity index (χ1v) is 11.1. The van der Waals surface area contributed by atoms with Crippen molar-refractivity contribution >= 4 is 23.5 Å². The van der Waals surface area contributed by atoms with Gasteiger partial charge < -0.3 is 9.80 Å². The van der Waals surface area contributed by atoms with Gasteiger partial charge in [0.05, 0.1) is 11.1 Å². The maximum Gasteiger partial charge on any atom is 0.262 e. The van der Waals surface area contributed by atoms with Gasteiger partial charge >= 0.3 is 0 Å². The minimum Gasteiger partial charge on any atom is -0.353 e. The topological polar surface area (TPSA) is 73.8 Å². The Kier molecular flexibility index (Phi) is 5.60. The molecule has 0 aliphatic carbocycles. The second-order valence-corrected chi connectivity index (χ2v) is 8.23. The zero-order valence-corrected chi connectivity index (χ0v) is 18.1. The molecule has 1 fully saturated rings. The average molecular weight is 441 g/mol. The molecular formula is C26H24N4O3.